The van der Waals surface area contributed by atoms with E-state index in [1.807, 2.05) is 0 Å². The van der Waals surface area contributed by atoms with E-state index in [0.29, 0.717) is 26.2 Å². The number of halogens is 2. The lowest BCUT2D eigenvalue weighted by Gasteiger charge is -2.08. The van der Waals surface area contributed by atoms with Crippen molar-refractivity contribution in [1.29, 1.82) is 0 Å². The molecule has 7 heteroatoms. The fourth-order valence-corrected chi connectivity index (χ4v) is 3.10. The number of hydrogen-bond donors (Lipinski definition) is 1. The monoisotopic (exact) mass is 355 g/mol. The van der Waals surface area contributed by atoms with Crippen LogP contribution in [0.5, 0.6) is 0 Å². The van der Waals surface area contributed by atoms with Gasteiger partial charge in [0.1, 0.15) is 4.90 Å². The highest BCUT2D eigenvalue weighted by atomic mass is 79.9. The first-order chi connectivity index (χ1) is 8.58. The van der Waals surface area contributed by atoms with Crippen LogP contribution < -0.4 is 4.72 Å². The second kappa shape index (κ2) is 8.12. The zero-order chi connectivity index (χ0) is 13.4. The Balaban J connectivity index is 2.44. The number of rotatable bonds is 8. The van der Waals surface area contributed by atoms with Crippen molar-refractivity contribution in [2.45, 2.75) is 11.3 Å². The number of alkyl halides is 1. The van der Waals surface area contributed by atoms with Crippen LogP contribution in [0, 0.1) is 0 Å². The minimum absolute atomic E-state index is 0.105. The molecule has 1 aromatic carbocycles. The first-order valence-electron chi connectivity index (χ1n) is 5.46. The van der Waals surface area contributed by atoms with Crippen molar-refractivity contribution in [2.24, 2.45) is 0 Å². The molecule has 0 aliphatic rings. The highest BCUT2D eigenvalue weighted by Crippen LogP contribution is 2.19. The maximum absolute atomic E-state index is 11.9. The molecule has 0 radical (unpaired) electrons. The summed E-state index contributed by atoms with van der Waals surface area (Å²) >= 11 is 9.08. The molecule has 4 nitrogen and oxygen atoms in total. The second-order valence-electron chi connectivity index (χ2n) is 3.48. The highest BCUT2D eigenvalue weighted by molar-refractivity contribution is 9.09. The van der Waals surface area contributed by atoms with Gasteiger partial charge in [-0.05, 0) is 18.6 Å². The second-order valence-corrected chi connectivity index (χ2v) is 6.42. The fourth-order valence-electron chi connectivity index (χ4n) is 1.28. The molecule has 0 unspecified atom stereocenters. The van der Waals surface area contributed by atoms with Crippen molar-refractivity contribution >= 4 is 37.6 Å². The smallest absolute Gasteiger partial charge is 0.242 e. The summed E-state index contributed by atoms with van der Waals surface area (Å²) in [5, 5.41) is 0.999. The summed E-state index contributed by atoms with van der Waals surface area (Å²) in [5.74, 6) is 0. The lowest BCUT2D eigenvalue weighted by atomic mass is 10.4. The van der Waals surface area contributed by atoms with Crippen LogP contribution in [0.15, 0.2) is 29.2 Å². The van der Waals surface area contributed by atoms with Crippen molar-refractivity contribution in [3.05, 3.63) is 29.3 Å². The zero-order valence-corrected chi connectivity index (χ0v) is 12.9. The van der Waals surface area contributed by atoms with Crippen molar-refractivity contribution in [3.63, 3.8) is 0 Å². The molecule has 18 heavy (non-hydrogen) atoms. The van der Waals surface area contributed by atoms with Crippen molar-refractivity contribution in [2.75, 3.05) is 25.1 Å². The lowest BCUT2D eigenvalue weighted by molar-refractivity contribution is 0.149. The molecule has 1 rings (SSSR count). The van der Waals surface area contributed by atoms with Crippen LogP contribution in [0.4, 0.5) is 0 Å². The molecule has 0 aliphatic carbocycles. The summed E-state index contributed by atoms with van der Waals surface area (Å²) in [6, 6.07) is 6.36. The Morgan fingerprint density at radius 1 is 1.28 bits per heavy atom. The van der Waals surface area contributed by atoms with Crippen molar-refractivity contribution < 1.29 is 13.2 Å². The molecule has 0 aliphatic heterocycles. The topological polar surface area (TPSA) is 55.4 Å². The summed E-state index contributed by atoms with van der Waals surface area (Å²) < 4.78 is 31.5. The van der Waals surface area contributed by atoms with Gasteiger partial charge >= 0.3 is 0 Å². The normalized spacial score (nSPS) is 11.7. The average Bonchev–Trinajstić information content (AvgIpc) is 2.34. The molecule has 0 amide bonds. The van der Waals surface area contributed by atoms with Crippen LogP contribution in [0.25, 0.3) is 0 Å². The van der Waals surface area contributed by atoms with Gasteiger partial charge in [0.25, 0.3) is 0 Å². The minimum Gasteiger partial charge on any atom is -0.381 e. The molecule has 1 N–H and O–H groups in total. The van der Waals surface area contributed by atoms with Crippen LogP contribution in [0.2, 0.25) is 5.02 Å². The van der Waals surface area contributed by atoms with Crippen molar-refractivity contribution in [1.82, 2.24) is 4.72 Å². The van der Waals surface area contributed by atoms with Crippen LogP contribution in [-0.4, -0.2) is 33.5 Å². The molecule has 0 spiro atoms. The number of hydrogen-bond acceptors (Lipinski definition) is 3. The molecule has 0 heterocycles. The number of nitrogens with one attached hydrogen (secondary N) is 1. The molecule has 0 atom stereocenters. The summed E-state index contributed by atoms with van der Waals surface area (Å²) in [5.41, 5.74) is 0. The molecule has 102 valence electrons. The predicted molar refractivity (Wildman–Crippen MR) is 75.9 cm³/mol. The molecule has 0 fully saturated rings. The van der Waals surface area contributed by atoms with Gasteiger partial charge in [-0.3, -0.25) is 0 Å². The third-order valence-electron chi connectivity index (χ3n) is 2.11. The van der Waals surface area contributed by atoms with Gasteiger partial charge in [-0.15, -0.1) is 0 Å². The number of ether oxygens (including phenoxy) is 1. The third-order valence-corrected chi connectivity index (χ3v) is 4.39. The fraction of sp³-hybridized carbons (Fsp3) is 0.455. The Hall–Kier alpha value is -0.140. The van der Waals surface area contributed by atoms with Gasteiger partial charge in [0.05, 0.1) is 11.6 Å². The van der Waals surface area contributed by atoms with Gasteiger partial charge in [-0.2, -0.15) is 0 Å². The lowest BCUT2D eigenvalue weighted by Crippen LogP contribution is -2.25. The zero-order valence-electron chi connectivity index (χ0n) is 9.73. The minimum atomic E-state index is -3.53. The van der Waals surface area contributed by atoms with E-state index in [9.17, 15) is 8.42 Å². The van der Waals surface area contributed by atoms with Gasteiger partial charge < -0.3 is 4.74 Å². The summed E-state index contributed by atoms with van der Waals surface area (Å²) in [7, 11) is -3.53. The van der Waals surface area contributed by atoms with E-state index in [2.05, 4.69) is 20.7 Å². The Bertz CT molecular complexity index is 467. The van der Waals surface area contributed by atoms with Gasteiger partial charge in [0.15, 0.2) is 0 Å². The average molecular weight is 357 g/mol. The van der Waals surface area contributed by atoms with Crippen LogP contribution in [-0.2, 0) is 14.8 Å². The summed E-state index contributed by atoms with van der Waals surface area (Å²) in [4.78, 5) is 0.105. The summed E-state index contributed by atoms with van der Waals surface area (Å²) in [6.45, 7) is 1.48. The van der Waals surface area contributed by atoms with E-state index in [0.717, 1.165) is 5.33 Å². The predicted octanol–water partition coefficient (Wildman–Crippen LogP) is 2.42. The van der Waals surface area contributed by atoms with E-state index in [1.54, 1.807) is 18.2 Å². The Morgan fingerprint density at radius 3 is 2.67 bits per heavy atom. The van der Waals surface area contributed by atoms with Crippen LogP contribution in [0.1, 0.15) is 6.42 Å². The molecular weight excluding hydrogens is 342 g/mol. The Kier molecular flexibility index (Phi) is 7.18. The Morgan fingerprint density at radius 2 is 2.00 bits per heavy atom. The molecule has 1 aromatic rings. The standard InChI is InChI=1S/C11H15BrClNO3S/c12-6-9-17-8-3-7-14-18(15,16)11-5-2-1-4-10(11)13/h1-2,4-5,14H,3,6-9H2. The first kappa shape index (κ1) is 15.9. The maximum Gasteiger partial charge on any atom is 0.242 e. The van der Waals surface area contributed by atoms with E-state index in [1.165, 1.54) is 6.07 Å². The van der Waals surface area contributed by atoms with Crippen LogP contribution in [0.3, 0.4) is 0 Å². The van der Waals surface area contributed by atoms with E-state index < -0.39 is 10.0 Å². The molecular formula is C11H15BrClNO3S. The van der Waals surface area contributed by atoms with E-state index >= 15 is 0 Å². The van der Waals surface area contributed by atoms with Crippen molar-refractivity contribution in [3.8, 4) is 0 Å². The van der Waals surface area contributed by atoms with E-state index in [4.69, 9.17) is 16.3 Å². The maximum atomic E-state index is 11.9. The van der Waals surface area contributed by atoms with Gasteiger partial charge in [0, 0.05) is 18.5 Å². The van der Waals surface area contributed by atoms with E-state index in [-0.39, 0.29) is 9.92 Å². The number of sulfonamides is 1. The van der Waals surface area contributed by atoms with Gasteiger partial charge in [-0.1, -0.05) is 39.7 Å². The number of benzene rings is 1. The molecule has 0 saturated heterocycles. The van der Waals surface area contributed by atoms with Gasteiger partial charge in [0.2, 0.25) is 10.0 Å². The Labute approximate surface area is 121 Å². The molecule has 0 bridgehead atoms. The SMILES string of the molecule is O=S(=O)(NCCCOCCBr)c1ccccc1Cl. The highest BCUT2D eigenvalue weighted by Gasteiger charge is 2.16. The third kappa shape index (κ3) is 5.24. The molecule has 0 saturated carbocycles. The largest absolute Gasteiger partial charge is 0.381 e. The molecule has 0 aromatic heterocycles. The summed E-state index contributed by atoms with van der Waals surface area (Å²) in [6.07, 6.45) is 0.622. The van der Waals surface area contributed by atoms with Gasteiger partial charge in [-0.25, -0.2) is 13.1 Å². The quantitative estimate of drug-likeness (QED) is 0.575. The first-order valence-corrected chi connectivity index (χ1v) is 8.44. The van der Waals surface area contributed by atoms with Crippen LogP contribution >= 0.6 is 27.5 Å².